The van der Waals surface area contributed by atoms with Crippen LogP contribution in [0.5, 0.6) is 0 Å². The Balaban J connectivity index is 1.87. The molecule has 0 aromatic carbocycles. The van der Waals surface area contributed by atoms with Crippen LogP contribution in [-0.4, -0.2) is 54.5 Å². The topological polar surface area (TPSA) is 87.3 Å². The molecule has 1 fully saturated rings. The Morgan fingerprint density at radius 3 is 2.74 bits per heavy atom. The van der Waals surface area contributed by atoms with Crippen molar-refractivity contribution in [1.29, 1.82) is 0 Å². The number of H-pyrrole nitrogens is 1. The summed E-state index contributed by atoms with van der Waals surface area (Å²) in [5, 5.41) is 0. The van der Waals surface area contributed by atoms with Crippen LogP contribution in [-0.2, 0) is 21.4 Å². The Hall–Kier alpha value is -0.960. The van der Waals surface area contributed by atoms with Gasteiger partial charge in [0.2, 0.25) is 0 Å². The van der Waals surface area contributed by atoms with E-state index in [1.165, 1.54) is 4.31 Å². The first-order chi connectivity index (χ1) is 8.97. The number of aromatic nitrogens is 2. The summed E-state index contributed by atoms with van der Waals surface area (Å²) < 4.78 is 33.8. The zero-order valence-corrected chi connectivity index (χ0v) is 12.0. The van der Waals surface area contributed by atoms with Crippen molar-refractivity contribution in [3.63, 3.8) is 0 Å². The van der Waals surface area contributed by atoms with Crippen molar-refractivity contribution in [2.24, 2.45) is 0 Å². The van der Waals surface area contributed by atoms with Crippen molar-refractivity contribution in [3.8, 4) is 0 Å². The van der Waals surface area contributed by atoms with Crippen molar-refractivity contribution in [1.82, 2.24) is 19.0 Å². The van der Waals surface area contributed by atoms with Gasteiger partial charge in [0.1, 0.15) is 5.82 Å². The van der Waals surface area contributed by atoms with Crippen LogP contribution in [0.2, 0.25) is 0 Å². The normalized spacial score (nSPS) is 25.6. The van der Waals surface area contributed by atoms with E-state index in [-0.39, 0.29) is 12.2 Å². The number of imidazole rings is 1. The lowest BCUT2D eigenvalue weighted by Gasteiger charge is -2.34. The maximum absolute atomic E-state index is 12.1. The van der Waals surface area contributed by atoms with Crippen LogP contribution in [0.3, 0.4) is 0 Å². The van der Waals surface area contributed by atoms with Crippen LogP contribution >= 0.6 is 0 Å². The highest BCUT2D eigenvalue weighted by Gasteiger charge is 2.30. The molecule has 2 unspecified atom stereocenters. The molecule has 108 valence electrons. The zero-order valence-electron chi connectivity index (χ0n) is 11.2. The molecular formula is C11H20N4O3S. The van der Waals surface area contributed by atoms with Gasteiger partial charge in [0.15, 0.2) is 0 Å². The SMILES string of the molecule is CC1CN(S(=O)(=O)NCCc2ncc[nH]2)CC(C)O1. The fraction of sp³-hybridized carbons (Fsp3) is 0.727. The Morgan fingerprint density at radius 2 is 2.16 bits per heavy atom. The molecule has 2 heterocycles. The van der Waals surface area contributed by atoms with Crippen molar-refractivity contribution in [2.45, 2.75) is 32.5 Å². The molecule has 2 rings (SSSR count). The molecule has 0 saturated carbocycles. The third kappa shape index (κ3) is 4.00. The quantitative estimate of drug-likeness (QED) is 0.792. The van der Waals surface area contributed by atoms with E-state index < -0.39 is 10.2 Å². The Kier molecular flexibility index (Phi) is 4.56. The molecule has 0 radical (unpaired) electrons. The van der Waals surface area contributed by atoms with Crippen LogP contribution in [0.1, 0.15) is 19.7 Å². The lowest BCUT2D eigenvalue weighted by atomic mass is 10.3. The van der Waals surface area contributed by atoms with Gasteiger partial charge in [-0.2, -0.15) is 12.7 Å². The molecule has 2 atom stereocenters. The summed E-state index contributed by atoms with van der Waals surface area (Å²) in [5.41, 5.74) is 0. The fourth-order valence-corrected chi connectivity index (χ4v) is 3.51. The van der Waals surface area contributed by atoms with Gasteiger partial charge in [0.05, 0.1) is 12.2 Å². The molecule has 0 spiro atoms. The number of hydrogen-bond acceptors (Lipinski definition) is 4. The molecule has 19 heavy (non-hydrogen) atoms. The smallest absolute Gasteiger partial charge is 0.279 e. The van der Waals surface area contributed by atoms with E-state index in [9.17, 15) is 8.42 Å². The van der Waals surface area contributed by atoms with E-state index in [0.717, 1.165) is 5.82 Å². The molecule has 1 saturated heterocycles. The summed E-state index contributed by atoms with van der Waals surface area (Å²) in [6, 6.07) is 0. The highest BCUT2D eigenvalue weighted by atomic mass is 32.2. The number of nitrogens with zero attached hydrogens (tertiary/aromatic N) is 2. The molecule has 1 aromatic rings. The van der Waals surface area contributed by atoms with Crippen molar-refractivity contribution in [3.05, 3.63) is 18.2 Å². The number of ether oxygens (including phenoxy) is 1. The molecule has 8 heteroatoms. The molecule has 0 amide bonds. The van der Waals surface area contributed by atoms with Crippen LogP contribution in [0.15, 0.2) is 12.4 Å². The zero-order chi connectivity index (χ0) is 13.9. The number of rotatable bonds is 5. The number of hydrogen-bond donors (Lipinski definition) is 2. The van der Waals surface area contributed by atoms with Gasteiger partial charge < -0.3 is 9.72 Å². The molecule has 1 aliphatic rings. The van der Waals surface area contributed by atoms with Crippen LogP contribution in [0.4, 0.5) is 0 Å². The first-order valence-electron chi connectivity index (χ1n) is 6.36. The maximum Gasteiger partial charge on any atom is 0.279 e. The largest absolute Gasteiger partial charge is 0.373 e. The van der Waals surface area contributed by atoms with Gasteiger partial charge in [-0.25, -0.2) is 9.71 Å². The molecular weight excluding hydrogens is 268 g/mol. The van der Waals surface area contributed by atoms with Gasteiger partial charge in [0, 0.05) is 38.4 Å². The van der Waals surface area contributed by atoms with Gasteiger partial charge in [-0.1, -0.05) is 0 Å². The third-order valence-corrected chi connectivity index (χ3v) is 4.47. The Labute approximate surface area is 113 Å². The van der Waals surface area contributed by atoms with E-state index in [0.29, 0.717) is 26.1 Å². The molecule has 0 bridgehead atoms. The standard InChI is InChI=1S/C11H20N4O3S/c1-9-7-15(8-10(2)18-9)19(16,17)14-4-3-11-12-5-6-13-11/h5-6,9-10,14H,3-4,7-8H2,1-2H3,(H,12,13). The summed E-state index contributed by atoms with van der Waals surface area (Å²) >= 11 is 0. The minimum absolute atomic E-state index is 0.0783. The van der Waals surface area contributed by atoms with Gasteiger partial charge in [-0.3, -0.25) is 0 Å². The molecule has 1 aromatic heterocycles. The van der Waals surface area contributed by atoms with Gasteiger partial charge in [-0.15, -0.1) is 0 Å². The number of aromatic amines is 1. The summed E-state index contributed by atoms with van der Waals surface area (Å²) in [4.78, 5) is 6.99. The van der Waals surface area contributed by atoms with Gasteiger partial charge in [0.25, 0.3) is 10.2 Å². The van der Waals surface area contributed by atoms with Gasteiger partial charge >= 0.3 is 0 Å². The third-order valence-electron chi connectivity index (χ3n) is 2.93. The minimum Gasteiger partial charge on any atom is -0.373 e. The van der Waals surface area contributed by atoms with Crippen molar-refractivity contribution < 1.29 is 13.2 Å². The monoisotopic (exact) mass is 288 g/mol. The second-order valence-corrected chi connectivity index (χ2v) is 6.51. The highest BCUT2D eigenvalue weighted by molar-refractivity contribution is 7.87. The van der Waals surface area contributed by atoms with Crippen LogP contribution in [0, 0.1) is 0 Å². The van der Waals surface area contributed by atoms with Crippen LogP contribution in [0.25, 0.3) is 0 Å². The lowest BCUT2D eigenvalue weighted by Crippen LogP contribution is -2.52. The van der Waals surface area contributed by atoms with Crippen molar-refractivity contribution in [2.75, 3.05) is 19.6 Å². The average molecular weight is 288 g/mol. The summed E-state index contributed by atoms with van der Waals surface area (Å²) in [6.07, 6.45) is 3.75. The van der Waals surface area contributed by atoms with E-state index in [2.05, 4.69) is 14.7 Å². The van der Waals surface area contributed by atoms with E-state index in [4.69, 9.17) is 4.74 Å². The number of nitrogens with one attached hydrogen (secondary N) is 2. The fourth-order valence-electron chi connectivity index (χ4n) is 2.15. The Bertz CT molecular complexity index is 478. The molecule has 7 nitrogen and oxygen atoms in total. The molecule has 0 aliphatic carbocycles. The summed E-state index contributed by atoms with van der Waals surface area (Å²) in [7, 11) is -3.44. The molecule has 1 aliphatic heterocycles. The maximum atomic E-state index is 12.1. The van der Waals surface area contributed by atoms with E-state index >= 15 is 0 Å². The summed E-state index contributed by atoms with van der Waals surface area (Å²) in [5.74, 6) is 0.770. The predicted molar refractivity (Wildman–Crippen MR) is 70.8 cm³/mol. The Morgan fingerprint density at radius 1 is 1.47 bits per heavy atom. The van der Waals surface area contributed by atoms with E-state index in [1.54, 1.807) is 12.4 Å². The molecule has 2 N–H and O–H groups in total. The second-order valence-electron chi connectivity index (χ2n) is 4.76. The summed E-state index contributed by atoms with van der Waals surface area (Å²) in [6.45, 7) is 4.86. The van der Waals surface area contributed by atoms with Crippen molar-refractivity contribution >= 4 is 10.2 Å². The van der Waals surface area contributed by atoms with Gasteiger partial charge in [-0.05, 0) is 13.8 Å². The second kappa shape index (κ2) is 6.00. The first kappa shape index (κ1) is 14.4. The highest BCUT2D eigenvalue weighted by Crippen LogP contribution is 2.13. The van der Waals surface area contributed by atoms with E-state index in [1.807, 2.05) is 13.8 Å². The predicted octanol–water partition coefficient (Wildman–Crippen LogP) is -0.104. The first-order valence-corrected chi connectivity index (χ1v) is 7.80. The lowest BCUT2D eigenvalue weighted by molar-refractivity contribution is -0.0443. The number of morpholine rings is 1. The average Bonchev–Trinajstić information content (AvgIpc) is 2.80. The minimum atomic E-state index is -3.44. The van der Waals surface area contributed by atoms with Crippen LogP contribution < -0.4 is 4.72 Å².